The first-order valence-corrected chi connectivity index (χ1v) is 6.36. The fourth-order valence-electron chi connectivity index (χ4n) is 2.23. The van der Waals surface area contributed by atoms with Gasteiger partial charge in [-0.3, -0.25) is 4.79 Å². The number of aromatic nitrogens is 2. The van der Waals surface area contributed by atoms with Crippen molar-refractivity contribution in [1.29, 1.82) is 0 Å². The fraction of sp³-hybridized carbons (Fsp3) is 0.643. The number of carbonyl (C=O) groups excluding carboxylic acids is 1. The highest BCUT2D eigenvalue weighted by molar-refractivity contribution is 5.93. The van der Waals surface area contributed by atoms with Gasteiger partial charge in [0.2, 0.25) is 5.91 Å². The smallest absolute Gasteiger partial charge is 0.310 e. The minimum atomic E-state index is -0.513. The lowest BCUT2D eigenvalue weighted by molar-refractivity contribution is -0.125. The molecule has 0 aromatic carbocycles. The Kier molecular flexibility index (Phi) is 4.18. The highest BCUT2D eigenvalue weighted by Crippen LogP contribution is 2.33. The number of nitrogens with one attached hydrogen (secondary N) is 1. The standard InChI is InChI=1S/C14H23N3O2/c1-13(2,3)9-14(4,5)11(18)15-10-7-8-17(6)12(19)16-10/h7-8H,9H2,1-6H3,(H,15,16,18,19). The summed E-state index contributed by atoms with van der Waals surface area (Å²) >= 11 is 0. The van der Waals surface area contributed by atoms with Crippen LogP contribution in [0.25, 0.3) is 0 Å². The van der Waals surface area contributed by atoms with Gasteiger partial charge in [0.05, 0.1) is 0 Å². The summed E-state index contributed by atoms with van der Waals surface area (Å²) in [6, 6.07) is 1.62. The van der Waals surface area contributed by atoms with E-state index < -0.39 is 5.41 Å². The van der Waals surface area contributed by atoms with Gasteiger partial charge in [0.25, 0.3) is 0 Å². The molecule has 0 fully saturated rings. The number of nitrogens with zero attached hydrogens (tertiary/aromatic N) is 2. The van der Waals surface area contributed by atoms with Crippen LogP contribution in [-0.4, -0.2) is 15.5 Å². The van der Waals surface area contributed by atoms with Gasteiger partial charge in [-0.1, -0.05) is 34.6 Å². The van der Waals surface area contributed by atoms with Gasteiger partial charge in [0.15, 0.2) is 0 Å². The van der Waals surface area contributed by atoms with Crippen molar-refractivity contribution in [2.75, 3.05) is 5.32 Å². The Morgan fingerprint density at radius 2 is 1.89 bits per heavy atom. The Hall–Kier alpha value is -1.65. The number of anilines is 1. The van der Waals surface area contributed by atoms with E-state index in [4.69, 9.17) is 0 Å². The van der Waals surface area contributed by atoms with Crippen LogP contribution in [0.3, 0.4) is 0 Å². The maximum Gasteiger partial charge on any atom is 0.349 e. The number of aryl methyl sites for hydroxylation is 1. The molecule has 0 aliphatic carbocycles. The van der Waals surface area contributed by atoms with Crippen molar-refractivity contribution in [2.45, 2.75) is 41.0 Å². The van der Waals surface area contributed by atoms with E-state index in [2.05, 4.69) is 31.1 Å². The molecule has 1 aromatic heterocycles. The Balaban J connectivity index is 2.84. The number of hydrogen-bond donors (Lipinski definition) is 1. The molecule has 0 aliphatic rings. The monoisotopic (exact) mass is 265 g/mol. The molecule has 0 atom stereocenters. The molecule has 0 aliphatic heterocycles. The van der Waals surface area contributed by atoms with Gasteiger partial charge in [-0.15, -0.1) is 0 Å². The highest BCUT2D eigenvalue weighted by atomic mass is 16.2. The van der Waals surface area contributed by atoms with Crippen LogP contribution in [0.2, 0.25) is 0 Å². The van der Waals surface area contributed by atoms with Crippen LogP contribution in [0, 0.1) is 10.8 Å². The first-order valence-electron chi connectivity index (χ1n) is 6.36. The van der Waals surface area contributed by atoms with E-state index in [0.717, 1.165) is 6.42 Å². The zero-order valence-corrected chi connectivity index (χ0v) is 12.6. The van der Waals surface area contributed by atoms with Gasteiger partial charge in [-0.25, -0.2) is 4.79 Å². The van der Waals surface area contributed by atoms with E-state index in [-0.39, 0.29) is 17.0 Å². The molecule has 1 heterocycles. The molecule has 1 N–H and O–H groups in total. The van der Waals surface area contributed by atoms with Crippen molar-refractivity contribution in [3.05, 3.63) is 22.7 Å². The van der Waals surface area contributed by atoms with Gasteiger partial charge >= 0.3 is 5.69 Å². The van der Waals surface area contributed by atoms with Crippen molar-refractivity contribution < 1.29 is 4.79 Å². The molecule has 1 rings (SSSR count). The highest BCUT2D eigenvalue weighted by Gasteiger charge is 2.32. The van der Waals surface area contributed by atoms with E-state index in [0.29, 0.717) is 5.82 Å². The van der Waals surface area contributed by atoms with Crippen LogP contribution < -0.4 is 11.0 Å². The number of carbonyl (C=O) groups is 1. The lowest BCUT2D eigenvalue weighted by atomic mass is 9.76. The third-order valence-electron chi connectivity index (χ3n) is 2.80. The van der Waals surface area contributed by atoms with Crippen molar-refractivity contribution in [1.82, 2.24) is 9.55 Å². The fourth-order valence-corrected chi connectivity index (χ4v) is 2.23. The second kappa shape index (κ2) is 5.15. The largest absolute Gasteiger partial charge is 0.349 e. The van der Waals surface area contributed by atoms with Crippen LogP contribution in [0.5, 0.6) is 0 Å². The van der Waals surface area contributed by atoms with Gasteiger partial charge in [0, 0.05) is 18.7 Å². The molecule has 0 spiro atoms. The molecule has 5 nitrogen and oxygen atoms in total. The summed E-state index contributed by atoms with van der Waals surface area (Å²) in [5, 5.41) is 2.71. The average Bonchev–Trinajstić information content (AvgIpc) is 2.20. The van der Waals surface area contributed by atoms with Crippen LogP contribution in [0.4, 0.5) is 5.82 Å². The van der Waals surface area contributed by atoms with E-state index >= 15 is 0 Å². The van der Waals surface area contributed by atoms with Crippen molar-refractivity contribution in [2.24, 2.45) is 17.9 Å². The first-order chi connectivity index (χ1) is 8.51. The second-order valence-electron chi connectivity index (χ2n) is 6.78. The summed E-state index contributed by atoms with van der Waals surface area (Å²) in [6.45, 7) is 10.1. The quantitative estimate of drug-likeness (QED) is 0.911. The zero-order valence-electron chi connectivity index (χ0n) is 12.6. The third-order valence-corrected chi connectivity index (χ3v) is 2.80. The minimum absolute atomic E-state index is 0.0566. The van der Waals surface area contributed by atoms with E-state index in [9.17, 15) is 9.59 Å². The van der Waals surface area contributed by atoms with Crippen LogP contribution in [0.15, 0.2) is 17.1 Å². The summed E-state index contributed by atoms with van der Waals surface area (Å²) in [6.07, 6.45) is 2.33. The Bertz CT molecular complexity index is 524. The number of rotatable bonds is 3. The summed E-state index contributed by atoms with van der Waals surface area (Å²) < 4.78 is 1.36. The van der Waals surface area contributed by atoms with Crippen molar-refractivity contribution in [3.8, 4) is 0 Å². The minimum Gasteiger partial charge on any atom is -0.310 e. The van der Waals surface area contributed by atoms with Crippen LogP contribution >= 0.6 is 0 Å². The van der Waals surface area contributed by atoms with E-state index in [1.54, 1.807) is 19.3 Å². The lowest BCUT2D eigenvalue weighted by Gasteiger charge is -2.31. The molecule has 0 saturated heterocycles. The summed E-state index contributed by atoms with van der Waals surface area (Å²) in [5.41, 5.74) is -0.839. The maximum absolute atomic E-state index is 12.2. The van der Waals surface area contributed by atoms with Gasteiger partial charge in [0.1, 0.15) is 5.82 Å². The number of hydrogen-bond acceptors (Lipinski definition) is 3. The molecule has 106 valence electrons. The van der Waals surface area contributed by atoms with Gasteiger partial charge < -0.3 is 9.88 Å². The summed E-state index contributed by atoms with van der Waals surface area (Å²) in [4.78, 5) is 27.4. The molecule has 5 heteroatoms. The molecule has 0 unspecified atom stereocenters. The molecule has 0 saturated carbocycles. The molecule has 1 aromatic rings. The first kappa shape index (κ1) is 15.4. The summed E-state index contributed by atoms with van der Waals surface area (Å²) in [7, 11) is 1.62. The Morgan fingerprint density at radius 3 is 2.37 bits per heavy atom. The molecule has 0 bridgehead atoms. The summed E-state index contributed by atoms with van der Waals surface area (Å²) in [5.74, 6) is 0.179. The Labute approximate surface area is 114 Å². The van der Waals surface area contributed by atoms with Gasteiger partial charge in [-0.05, 0) is 17.9 Å². The third kappa shape index (κ3) is 4.50. The van der Waals surface area contributed by atoms with Crippen molar-refractivity contribution in [3.63, 3.8) is 0 Å². The molecule has 19 heavy (non-hydrogen) atoms. The Morgan fingerprint density at radius 1 is 1.32 bits per heavy atom. The van der Waals surface area contributed by atoms with Crippen LogP contribution in [-0.2, 0) is 11.8 Å². The topological polar surface area (TPSA) is 64.0 Å². The molecule has 0 radical (unpaired) electrons. The van der Waals surface area contributed by atoms with Crippen molar-refractivity contribution >= 4 is 11.7 Å². The van der Waals surface area contributed by atoms with Gasteiger partial charge in [-0.2, -0.15) is 4.98 Å². The SMILES string of the molecule is Cn1ccc(NC(=O)C(C)(C)CC(C)(C)C)nc1=O. The predicted octanol–water partition coefficient (Wildman–Crippen LogP) is 2.18. The van der Waals surface area contributed by atoms with E-state index in [1.807, 2.05) is 13.8 Å². The lowest BCUT2D eigenvalue weighted by Crippen LogP contribution is -2.35. The molecular formula is C14H23N3O2. The number of amides is 1. The average molecular weight is 265 g/mol. The second-order valence-corrected chi connectivity index (χ2v) is 6.78. The van der Waals surface area contributed by atoms with Crippen LogP contribution in [0.1, 0.15) is 41.0 Å². The predicted molar refractivity (Wildman–Crippen MR) is 76.0 cm³/mol. The maximum atomic E-state index is 12.2. The molecular weight excluding hydrogens is 242 g/mol. The zero-order chi connectivity index (χ0) is 14.8. The molecule has 1 amide bonds. The normalized spacial score (nSPS) is 12.3. The van der Waals surface area contributed by atoms with E-state index in [1.165, 1.54) is 4.57 Å².